The van der Waals surface area contributed by atoms with Crippen molar-refractivity contribution in [2.45, 2.75) is 40.5 Å². The number of nitrogens with one attached hydrogen (secondary N) is 1. The van der Waals surface area contributed by atoms with Crippen LogP contribution in [0.3, 0.4) is 0 Å². The van der Waals surface area contributed by atoms with Gasteiger partial charge in [0.1, 0.15) is 11.8 Å². The minimum Gasteiger partial charge on any atom is -0.371 e. The summed E-state index contributed by atoms with van der Waals surface area (Å²) in [5.41, 5.74) is 5.74. The Bertz CT molecular complexity index is 1020. The summed E-state index contributed by atoms with van der Waals surface area (Å²) in [6.45, 7) is 10.7. The molecule has 1 aromatic carbocycles. The third kappa shape index (κ3) is 3.66. The van der Waals surface area contributed by atoms with Crippen molar-refractivity contribution in [2.24, 2.45) is 10.8 Å². The van der Waals surface area contributed by atoms with Crippen molar-refractivity contribution in [3.05, 3.63) is 42.2 Å². The monoisotopic (exact) mass is 376 g/mol. The van der Waals surface area contributed by atoms with E-state index >= 15 is 0 Å². The zero-order chi connectivity index (χ0) is 19.9. The highest BCUT2D eigenvalue weighted by Gasteiger charge is 2.29. The molecule has 1 aliphatic heterocycles. The molecule has 0 radical (unpaired) electrons. The molecule has 5 heteroatoms. The molecule has 1 N–H and O–H groups in total. The number of aldehydes is 1. The number of carbonyl (C=O) groups is 1. The fraction of sp³-hybridized carbons (Fsp3) is 0.435. The molecule has 0 saturated carbocycles. The molecular weight excluding hydrogens is 348 g/mol. The summed E-state index contributed by atoms with van der Waals surface area (Å²) in [7, 11) is 0. The fourth-order valence-corrected chi connectivity index (χ4v) is 3.94. The smallest absolute Gasteiger partial charge is 0.156 e. The van der Waals surface area contributed by atoms with Crippen LogP contribution in [0.25, 0.3) is 22.4 Å². The highest BCUT2D eigenvalue weighted by Crippen LogP contribution is 2.34. The Kier molecular flexibility index (Phi) is 4.48. The van der Waals surface area contributed by atoms with E-state index in [4.69, 9.17) is 4.98 Å². The van der Waals surface area contributed by atoms with Gasteiger partial charge in [-0.3, -0.25) is 0 Å². The van der Waals surface area contributed by atoms with Gasteiger partial charge in [-0.2, -0.15) is 0 Å². The molecule has 146 valence electrons. The zero-order valence-electron chi connectivity index (χ0n) is 17.1. The van der Waals surface area contributed by atoms with Gasteiger partial charge in [0.15, 0.2) is 5.65 Å². The van der Waals surface area contributed by atoms with E-state index in [1.165, 1.54) is 12.1 Å². The Balaban J connectivity index is 1.68. The lowest BCUT2D eigenvalue weighted by molar-refractivity contribution is -0.114. The lowest BCUT2D eigenvalue weighted by Gasteiger charge is -2.22. The number of nitrogens with zero attached hydrogens (tertiary/aromatic N) is 3. The van der Waals surface area contributed by atoms with Gasteiger partial charge in [0.25, 0.3) is 0 Å². The number of aromatic nitrogens is 3. The van der Waals surface area contributed by atoms with Crippen molar-refractivity contribution in [1.29, 1.82) is 0 Å². The largest absolute Gasteiger partial charge is 0.371 e. The van der Waals surface area contributed by atoms with E-state index in [2.05, 4.69) is 53.0 Å². The fourth-order valence-electron chi connectivity index (χ4n) is 3.94. The zero-order valence-corrected chi connectivity index (χ0v) is 17.1. The van der Waals surface area contributed by atoms with Crippen LogP contribution >= 0.6 is 0 Å². The molecule has 0 unspecified atom stereocenters. The second-order valence-electron chi connectivity index (χ2n) is 9.44. The van der Waals surface area contributed by atoms with Crippen LogP contribution in [0.2, 0.25) is 0 Å². The van der Waals surface area contributed by atoms with Gasteiger partial charge in [0, 0.05) is 36.0 Å². The predicted molar refractivity (Wildman–Crippen MR) is 113 cm³/mol. The first-order valence-electron chi connectivity index (χ1n) is 9.91. The number of benzene rings is 1. The van der Waals surface area contributed by atoms with Crippen LogP contribution in [-0.4, -0.2) is 34.3 Å². The van der Waals surface area contributed by atoms with Crippen molar-refractivity contribution in [1.82, 2.24) is 15.0 Å². The highest BCUT2D eigenvalue weighted by molar-refractivity contribution is 5.79. The standard InChI is InChI=1S/C23H28N4O/c1-22(2)8-9-27(14-22)18-7-5-6-16(10-18)19-13-25-21-20(26-19)17(12-24-21)11-23(3,4)15-28/h5-7,10,12-13,15H,8-9,11,14H2,1-4H3,(H,24,25). The minimum atomic E-state index is -0.421. The van der Waals surface area contributed by atoms with Crippen LogP contribution in [0.4, 0.5) is 5.69 Å². The third-order valence-corrected chi connectivity index (χ3v) is 5.61. The second kappa shape index (κ2) is 6.73. The number of carbonyl (C=O) groups excluding carboxylic acids is 1. The summed E-state index contributed by atoms with van der Waals surface area (Å²) >= 11 is 0. The summed E-state index contributed by atoms with van der Waals surface area (Å²) in [6, 6.07) is 8.56. The van der Waals surface area contributed by atoms with Gasteiger partial charge in [0.05, 0.1) is 11.9 Å². The van der Waals surface area contributed by atoms with Crippen LogP contribution in [0.1, 0.15) is 39.7 Å². The lowest BCUT2D eigenvalue weighted by Crippen LogP contribution is -2.22. The van der Waals surface area contributed by atoms with E-state index in [1.54, 1.807) is 0 Å². The van der Waals surface area contributed by atoms with E-state index in [0.29, 0.717) is 11.8 Å². The first-order valence-corrected chi connectivity index (χ1v) is 9.91. The molecule has 0 bridgehead atoms. The summed E-state index contributed by atoms with van der Waals surface area (Å²) in [5, 5.41) is 0. The first-order chi connectivity index (χ1) is 13.3. The van der Waals surface area contributed by atoms with Gasteiger partial charge >= 0.3 is 0 Å². The quantitative estimate of drug-likeness (QED) is 0.660. The van der Waals surface area contributed by atoms with E-state index < -0.39 is 5.41 Å². The Labute approximate surface area is 166 Å². The molecule has 4 rings (SSSR count). The van der Waals surface area contributed by atoms with Crippen LogP contribution in [0.15, 0.2) is 36.7 Å². The van der Waals surface area contributed by atoms with Crippen LogP contribution in [0, 0.1) is 10.8 Å². The van der Waals surface area contributed by atoms with Gasteiger partial charge < -0.3 is 14.7 Å². The van der Waals surface area contributed by atoms with Crippen LogP contribution in [0.5, 0.6) is 0 Å². The number of rotatable bonds is 5. The number of anilines is 1. The van der Waals surface area contributed by atoms with Gasteiger partial charge in [-0.25, -0.2) is 9.97 Å². The molecule has 2 aromatic heterocycles. The third-order valence-electron chi connectivity index (χ3n) is 5.61. The number of H-pyrrole nitrogens is 1. The van der Waals surface area contributed by atoms with Crippen molar-refractivity contribution in [2.75, 3.05) is 18.0 Å². The molecule has 0 amide bonds. The SMILES string of the molecule is CC(C)(C=O)Cc1c[nH]c2ncc(-c3cccc(N4CCC(C)(C)C4)c3)nc12. The van der Waals surface area contributed by atoms with Crippen molar-refractivity contribution >= 4 is 23.1 Å². The molecule has 28 heavy (non-hydrogen) atoms. The Morgan fingerprint density at radius 2 is 2.14 bits per heavy atom. The maximum Gasteiger partial charge on any atom is 0.156 e. The van der Waals surface area contributed by atoms with E-state index in [-0.39, 0.29) is 0 Å². The van der Waals surface area contributed by atoms with E-state index in [0.717, 1.165) is 47.4 Å². The Morgan fingerprint density at radius 1 is 1.32 bits per heavy atom. The van der Waals surface area contributed by atoms with Crippen LogP contribution in [-0.2, 0) is 11.2 Å². The Morgan fingerprint density at radius 3 is 2.86 bits per heavy atom. The van der Waals surface area contributed by atoms with Gasteiger partial charge in [-0.05, 0) is 36.0 Å². The normalized spacial score (nSPS) is 16.6. The number of hydrogen-bond acceptors (Lipinski definition) is 4. The molecule has 0 spiro atoms. The van der Waals surface area contributed by atoms with Crippen molar-refractivity contribution in [3.8, 4) is 11.3 Å². The highest BCUT2D eigenvalue weighted by atomic mass is 16.1. The average Bonchev–Trinajstić information content (AvgIpc) is 3.24. The molecule has 3 heterocycles. The molecule has 1 aliphatic rings. The number of fused-ring (bicyclic) bond motifs is 1. The van der Waals surface area contributed by atoms with Crippen molar-refractivity contribution < 1.29 is 4.79 Å². The maximum absolute atomic E-state index is 11.3. The second-order valence-corrected chi connectivity index (χ2v) is 9.44. The summed E-state index contributed by atoms with van der Waals surface area (Å²) in [5.74, 6) is 0. The first kappa shape index (κ1) is 18.7. The van der Waals surface area contributed by atoms with Crippen LogP contribution < -0.4 is 4.90 Å². The molecule has 5 nitrogen and oxygen atoms in total. The Hall–Kier alpha value is -2.69. The summed E-state index contributed by atoms with van der Waals surface area (Å²) < 4.78 is 0. The molecule has 3 aromatic rings. The molecule has 1 saturated heterocycles. The average molecular weight is 377 g/mol. The molecule has 0 aliphatic carbocycles. The lowest BCUT2D eigenvalue weighted by atomic mass is 9.88. The maximum atomic E-state index is 11.3. The van der Waals surface area contributed by atoms with Gasteiger partial charge in [-0.1, -0.05) is 39.8 Å². The molecule has 0 atom stereocenters. The van der Waals surface area contributed by atoms with E-state index in [1.807, 2.05) is 26.2 Å². The summed E-state index contributed by atoms with van der Waals surface area (Å²) in [6.07, 6.45) is 6.59. The topological polar surface area (TPSA) is 61.9 Å². The molecule has 1 fully saturated rings. The van der Waals surface area contributed by atoms with Gasteiger partial charge in [-0.15, -0.1) is 0 Å². The predicted octanol–water partition coefficient (Wildman–Crippen LogP) is 4.63. The van der Waals surface area contributed by atoms with Crippen molar-refractivity contribution in [3.63, 3.8) is 0 Å². The minimum absolute atomic E-state index is 0.361. The summed E-state index contributed by atoms with van der Waals surface area (Å²) in [4.78, 5) is 26.4. The number of aromatic amines is 1. The van der Waals surface area contributed by atoms with E-state index in [9.17, 15) is 4.79 Å². The number of hydrogen-bond donors (Lipinski definition) is 1. The molecular formula is C23H28N4O. The van der Waals surface area contributed by atoms with Gasteiger partial charge in [0.2, 0.25) is 0 Å².